The minimum absolute atomic E-state index is 0.237. The van der Waals surface area contributed by atoms with Crippen LogP contribution in [0.3, 0.4) is 0 Å². The highest BCUT2D eigenvalue weighted by atomic mass is 35.5. The van der Waals surface area contributed by atoms with Crippen LogP contribution in [0.2, 0.25) is 5.02 Å². The largest absolute Gasteiger partial charge is 0.481 e. The first kappa shape index (κ1) is 14.6. The van der Waals surface area contributed by atoms with Gasteiger partial charge in [0, 0.05) is 5.02 Å². The number of benzene rings is 2. The molecule has 0 amide bonds. The van der Waals surface area contributed by atoms with E-state index < -0.39 is 12.1 Å². The maximum absolute atomic E-state index is 10.5. The zero-order valence-corrected chi connectivity index (χ0v) is 11.5. The summed E-state index contributed by atoms with van der Waals surface area (Å²) < 4.78 is 0. The Morgan fingerprint density at radius 2 is 1.50 bits per heavy atom. The molecule has 0 saturated heterocycles. The number of hydrogen-bond acceptors (Lipinski definition) is 2. The average Bonchev–Trinajstić information content (AvgIpc) is 2.39. The van der Waals surface area contributed by atoms with Crippen molar-refractivity contribution in [3.05, 3.63) is 59.1 Å². The van der Waals surface area contributed by atoms with E-state index in [2.05, 4.69) is 0 Å². The molecule has 20 heavy (non-hydrogen) atoms. The summed E-state index contributed by atoms with van der Waals surface area (Å²) in [5.41, 5.74) is 3.03. The van der Waals surface area contributed by atoms with Crippen molar-refractivity contribution >= 4 is 17.6 Å². The maximum atomic E-state index is 10.5. The summed E-state index contributed by atoms with van der Waals surface area (Å²) in [6.45, 7) is 0. The Bertz CT molecular complexity index is 576. The molecule has 0 saturated carbocycles. The smallest absolute Gasteiger partial charge is 0.305 e. The van der Waals surface area contributed by atoms with Crippen LogP contribution < -0.4 is 0 Å². The van der Waals surface area contributed by atoms with Crippen LogP contribution in [0.4, 0.5) is 0 Å². The molecule has 0 aromatic heterocycles. The molecule has 1 atom stereocenters. The number of aliphatic hydroxyl groups is 1. The molecule has 3 nitrogen and oxygen atoms in total. The third-order valence-electron chi connectivity index (χ3n) is 3.01. The number of halogens is 1. The van der Waals surface area contributed by atoms with Gasteiger partial charge in [0.15, 0.2) is 0 Å². The third kappa shape index (κ3) is 4.08. The Morgan fingerprint density at radius 1 is 1.00 bits per heavy atom. The van der Waals surface area contributed by atoms with E-state index in [4.69, 9.17) is 16.7 Å². The van der Waals surface area contributed by atoms with Gasteiger partial charge in [0.2, 0.25) is 0 Å². The van der Waals surface area contributed by atoms with Gasteiger partial charge in [-0.1, -0.05) is 48.0 Å². The van der Waals surface area contributed by atoms with Gasteiger partial charge in [0.25, 0.3) is 0 Å². The van der Waals surface area contributed by atoms with E-state index in [9.17, 15) is 9.90 Å². The van der Waals surface area contributed by atoms with Crippen LogP contribution in [0.1, 0.15) is 12.0 Å². The fraction of sp³-hybridized carbons (Fsp3) is 0.188. The van der Waals surface area contributed by atoms with Crippen LogP contribution in [0.15, 0.2) is 48.5 Å². The van der Waals surface area contributed by atoms with Crippen LogP contribution in [0.5, 0.6) is 0 Å². The lowest BCUT2D eigenvalue weighted by Gasteiger charge is -2.09. The predicted molar refractivity (Wildman–Crippen MR) is 78.9 cm³/mol. The fourth-order valence-corrected chi connectivity index (χ4v) is 2.15. The van der Waals surface area contributed by atoms with Gasteiger partial charge in [-0.05, 0) is 35.2 Å². The van der Waals surface area contributed by atoms with Gasteiger partial charge in [-0.2, -0.15) is 0 Å². The quantitative estimate of drug-likeness (QED) is 0.887. The molecular formula is C16H15ClO3. The lowest BCUT2D eigenvalue weighted by atomic mass is 10.0. The minimum atomic E-state index is -0.990. The summed E-state index contributed by atoms with van der Waals surface area (Å²) in [5.74, 6) is -0.990. The molecule has 0 unspecified atom stereocenters. The summed E-state index contributed by atoms with van der Waals surface area (Å²) in [5, 5.41) is 18.9. The maximum Gasteiger partial charge on any atom is 0.305 e. The number of hydrogen-bond donors (Lipinski definition) is 2. The first-order chi connectivity index (χ1) is 9.54. The van der Waals surface area contributed by atoms with E-state index in [-0.39, 0.29) is 6.42 Å². The van der Waals surface area contributed by atoms with Gasteiger partial charge in [-0.3, -0.25) is 4.79 Å². The lowest BCUT2D eigenvalue weighted by Crippen LogP contribution is -2.15. The molecule has 0 aliphatic heterocycles. The molecule has 2 aromatic carbocycles. The number of carboxylic acid groups (broad SMARTS) is 1. The van der Waals surface area contributed by atoms with E-state index in [1.54, 1.807) is 0 Å². The topological polar surface area (TPSA) is 57.5 Å². The molecule has 0 spiro atoms. The van der Waals surface area contributed by atoms with Crippen molar-refractivity contribution in [1.29, 1.82) is 0 Å². The normalized spacial score (nSPS) is 12.1. The van der Waals surface area contributed by atoms with E-state index >= 15 is 0 Å². The van der Waals surface area contributed by atoms with E-state index in [1.807, 2.05) is 48.5 Å². The van der Waals surface area contributed by atoms with Crippen LogP contribution in [-0.2, 0) is 11.2 Å². The molecule has 0 fully saturated rings. The molecule has 2 aromatic rings. The second-order valence-electron chi connectivity index (χ2n) is 4.66. The second kappa shape index (κ2) is 6.55. The highest BCUT2D eigenvalue weighted by Crippen LogP contribution is 2.22. The molecular weight excluding hydrogens is 276 g/mol. The van der Waals surface area contributed by atoms with Crippen molar-refractivity contribution < 1.29 is 15.0 Å². The van der Waals surface area contributed by atoms with Gasteiger partial charge in [-0.15, -0.1) is 0 Å². The molecule has 2 rings (SSSR count). The Kier molecular flexibility index (Phi) is 4.77. The standard InChI is InChI=1S/C16H15ClO3/c17-14-7-5-13(6-8-14)12-3-1-11(2-4-12)9-15(18)10-16(19)20/h1-8,15,18H,9-10H2,(H,19,20)/t15-/m0/s1. The summed E-state index contributed by atoms with van der Waals surface area (Å²) in [6.07, 6.45) is -0.750. The third-order valence-corrected chi connectivity index (χ3v) is 3.27. The van der Waals surface area contributed by atoms with Crippen LogP contribution >= 0.6 is 11.6 Å². The van der Waals surface area contributed by atoms with Crippen molar-refractivity contribution in [3.63, 3.8) is 0 Å². The monoisotopic (exact) mass is 290 g/mol. The van der Waals surface area contributed by atoms with Crippen molar-refractivity contribution in [2.75, 3.05) is 0 Å². The van der Waals surface area contributed by atoms with E-state index in [0.29, 0.717) is 11.4 Å². The fourth-order valence-electron chi connectivity index (χ4n) is 2.02. The van der Waals surface area contributed by atoms with E-state index in [1.165, 1.54) is 0 Å². The lowest BCUT2D eigenvalue weighted by molar-refractivity contribution is -0.139. The van der Waals surface area contributed by atoms with Gasteiger partial charge in [0.1, 0.15) is 0 Å². The minimum Gasteiger partial charge on any atom is -0.481 e. The Morgan fingerprint density at radius 3 is 2.00 bits per heavy atom. The molecule has 0 aliphatic carbocycles. The number of rotatable bonds is 5. The molecule has 0 radical (unpaired) electrons. The van der Waals surface area contributed by atoms with Gasteiger partial charge in [-0.25, -0.2) is 0 Å². The molecule has 0 bridgehead atoms. The summed E-state index contributed by atoms with van der Waals surface area (Å²) >= 11 is 5.85. The number of aliphatic hydroxyl groups excluding tert-OH is 1. The Hall–Kier alpha value is -1.84. The van der Waals surface area contributed by atoms with Crippen molar-refractivity contribution in [3.8, 4) is 11.1 Å². The molecule has 0 aliphatic rings. The first-order valence-electron chi connectivity index (χ1n) is 6.29. The Balaban J connectivity index is 2.06. The van der Waals surface area contributed by atoms with Gasteiger partial charge < -0.3 is 10.2 Å². The molecule has 4 heteroatoms. The number of carbonyl (C=O) groups is 1. The molecule has 2 N–H and O–H groups in total. The Labute approximate surface area is 122 Å². The average molecular weight is 291 g/mol. The van der Waals surface area contributed by atoms with Crippen molar-refractivity contribution in [2.45, 2.75) is 18.9 Å². The summed E-state index contributed by atoms with van der Waals surface area (Å²) in [7, 11) is 0. The van der Waals surface area contributed by atoms with Crippen molar-refractivity contribution in [2.24, 2.45) is 0 Å². The van der Waals surface area contributed by atoms with Crippen LogP contribution in [0, 0.1) is 0 Å². The van der Waals surface area contributed by atoms with Crippen molar-refractivity contribution in [1.82, 2.24) is 0 Å². The van der Waals surface area contributed by atoms with Crippen LogP contribution in [0.25, 0.3) is 11.1 Å². The number of aliphatic carboxylic acids is 1. The highest BCUT2D eigenvalue weighted by molar-refractivity contribution is 6.30. The van der Waals surface area contributed by atoms with E-state index in [0.717, 1.165) is 16.7 Å². The zero-order chi connectivity index (χ0) is 14.5. The van der Waals surface area contributed by atoms with Gasteiger partial charge >= 0.3 is 5.97 Å². The first-order valence-corrected chi connectivity index (χ1v) is 6.67. The zero-order valence-electron chi connectivity index (χ0n) is 10.8. The summed E-state index contributed by atoms with van der Waals surface area (Å²) in [6, 6.07) is 15.2. The SMILES string of the molecule is O=C(O)C[C@@H](O)Cc1ccc(-c2ccc(Cl)cc2)cc1. The second-order valence-corrected chi connectivity index (χ2v) is 5.10. The van der Waals surface area contributed by atoms with Gasteiger partial charge in [0.05, 0.1) is 12.5 Å². The molecule has 104 valence electrons. The summed E-state index contributed by atoms with van der Waals surface area (Å²) in [4.78, 5) is 10.5. The van der Waals surface area contributed by atoms with Crippen LogP contribution in [-0.4, -0.2) is 22.3 Å². The predicted octanol–water partition coefficient (Wildman–Crippen LogP) is 3.39. The molecule has 0 heterocycles. The highest BCUT2D eigenvalue weighted by Gasteiger charge is 2.10. The number of carboxylic acids is 1.